The lowest BCUT2D eigenvalue weighted by atomic mass is 10.1. The van der Waals surface area contributed by atoms with Crippen LogP contribution in [0.15, 0.2) is 35.7 Å². The van der Waals surface area contributed by atoms with Crippen molar-refractivity contribution in [3.8, 4) is 11.5 Å². The van der Waals surface area contributed by atoms with Gasteiger partial charge in [-0.1, -0.05) is 25.1 Å². The van der Waals surface area contributed by atoms with Crippen molar-refractivity contribution < 1.29 is 9.47 Å². The fourth-order valence-corrected chi connectivity index (χ4v) is 3.33. The molecule has 0 saturated carbocycles. The van der Waals surface area contributed by atoms with E-state index in [9.17, 15) is 0 Å². The van der Waals surface area contributed by atoms with Crippen molar-refractivity contribution in [3.05, 3.63) is 46.2 Å². The summed E-state index contributed by atoms with van der Waals surface area (Å²) in [7, 11) is 0. The average Bonchev–Trinajstić information content (AvgIpc) is 3.02. The van der Waals surface area contributed by atoms with Crippen LogP contribution in [0.2, 0.25) is 0 Å². The Morgan fingerprint density at radius 1 is 1.20 bits per heavy atom. The van der Waals surface area contributed by atoms with E-state index in [-0.39, 0.29) is 0 Å². The van der Waals surface area contributed by atoms with Gasteiger partial charge in [-0.2, -0.15) is 0 Å². The van der Waals surface area contributed by atoms with E-state index in [1.807, 2.05) is 12.1 Å². The highest BCUT2D eigenvalue weighted by Gasteiger charge is 2.16. The molecule has 1 aliphatic heterocycles. The van der Waals surface area contributed by atoms with E-state index in [4.69, 9.17) is 9.47 Å². The van der Waals surface area contributed by atoms with Crippen LogP contribution in [0.25, 0.3) is 0 Å². The molecule has 4 heteroatoms. The first kappa shape index (κ1) is 13.5. The van der Waals surface area contributed by atoms with Gasteiger partial charge in [-0.05, 0) is 23.9 Å². The minimum absolute atomic E-state index is 0.398. The summed E-state index contributed by atoms with van der Waals surface area (Å²) in [6.45, 7) is 4.27. The second-order valence-electron chi connectivity index (χ2n) is 4.80. The highest BCUT2D eigenvalue weighted by Crippen LogP contribution is 2.34. The molecule has 2 heterocycles. The summed E-state index contributed by atoms with van der Waals surface area (Å²) >= 11 is 1.80. The molecule has 0 saturated heterocycles. The molecular weight excluding hydrogens is 270 g/mol. The zero-order valence-electron chi connectivity index (χ0n) is 11.6. The molecule has 1 aromatic carbocycles. The van der Waals surface area contributed by atoms with E-state index >= 15 is 0 Å². The van der Waals surface area contributed by atoms with Crippen LogP contribution in [0.3, 0.4) is 0 Å². The number of rotatable bonds is 5. The summed E-state index contributed by atoms with van der Waals surface area (Å²) < 4.78 is 11.4. The van der Waals surface area contributed by atoms with Crippen LogP contribution in [0, 0.1) is 0 Å². The second-order valence-corrected chi connectivity index (χ2v) is 5.78. The lowest BCUT2D eigenvalue weighted by Gasteiger charge is -2.22. The lowest BCUT2D eigenvalue weighted by molar-refractivity contribution is 0.169. The minimum Gasteiger partial charge on any atom is -0.486 e. The molecule has 0 fully saturated rings. The van der Waals surface area contributed by atoms with Crippen LogP contribution in [0.5, 0.6) is 11.5 Å². The van der Waals surface area contributed by atoms with Crippen molar-refractivity contribution in [1.29, 1.82) is 0 Å². The number of benzene rings is 1. The average molecular weight is 289 g/mol. The maximum absolute atomic E-state index is 5.75. The Bertz CT molecular complexity index is 554. The molecular formula is C16H19NO2S. The van der Waals surface area contributed by atoms with Gasteiger partial charge < -0.3 is 14.8 Å². The van der Waals surface area contributed by atoms with Crippen molar-refractivity contribution in [2.24, 2.45) is 0 Å². The number of fused-ring (bicyclic) bond motifs is 1. The molecule has 0 aliphatic carbocycles. The van der Waals surface area contributed by atoms with Crippen LogP contribution < -0.4 is 14.8 Å². The number of para-hydroxylation sites is 1. The van der Waals surface area contributed by atoms with Gasteiger partial charge in [0, 0.05) is 23.0 Å². The van der Waals surface area contributed by atoms with E-state index in [1.165, 1.54) is 4.88 Å². The van der Waals surface area contributed by atoms with Gasteiger partial charge in [-0.25, -0.2) is 0 Å². The number of nitrogens with one attached hydrogen (secondary N) is 1. The second kappa shape index (κ2) is 6.29. The standard InChI is InChI=1S/C16H19NO2S/c1-2-13(15-7-4-10-20-15)17-11-12-5-3-6-14-16(12)19-9-8-18-14/h3-7,10,13,17H,2,8-9,11H2,1H3. The largest absolute Gasteiger partial charge is 0.486 e. The van der Waals surface area contributed by atoms with Crippen molar-refractivity contribution in [1.82, 2.24) is 5.32 Å². The Kier molecular flexibility index (Phi) is 4.23. The first-order valence-corrected chi connectivity index (χ1v) is 7.90. The molecule has 0 amide bonds. The fourth-order valence-electron chi connectivity index (χ4n) is 2.44. The predicted molar refractivity (Wildman–Crippen MR) is 81.6 cm³/mol. The maximum atomic E-state index is 5.75. The molecule has 0 radical (unpaired) electrons. The molecule has 0 spiro atoms. The van der Waals surface area contributed by atoms with Gasteiger partial charge in [-0.15, -0.1) is 11.3 Å². The van der Waals surface area contributed by atoms with Gasteiger partial charge >= 0.3 is 0 Å². The van der Waals surface area contributed by atoms with Gasteiger partial charge in [-0.3, -0.25) is 0 Å². The quantitative estimate of drug-likeness (QED) is 0.909. The third-order valence-corrected chi connectivity index (χ3v) is 4.47. The summed E-state index contributed by atoms with van der Waals surface area (Å²) in [5.41, 5.74) is 1.16. The molecule has 3 rings (SSSR count). The summed E-state index contributed by atoms with van der Waals surface area (Å²) in [6, 6.07) is 10.8. The van der Waals surface area contributed by atoms with Gasteiger partial charge in [0.25, 0.3) is 0 Å². The Hall–Kier alpha value is -1.52. The monoisotopic (exact) mass is 289 g/mol. The van der Waals surface area contributed by atoms with Crippen LogP contribution in [0.1, 0.15) is 29.8 Å². The normalized spacial score (nSPS) is 15.1. The number of hydrogen-bond donors (Lipinski definition) is 1. The van der Waals surface area contributed by atoms with Gasteiger partial charge in [0.1, 0.15) is 13.2 Å². The molecule has 1 unspecified atom stereocenters. The zero-order valence-corrected chi connectivity index (χ0v) is 12.4. The van der Waals surface area contributed by atoms with Crippen molar-refractivity contribution in [2.45, 2.75) is 25.9 Å². The molecule has 1 N–H and O–H groups in total. The van der Waals surface area contributed by atoms with E-state index in [1.54, 1.807) is 11.3 Å². The van der Waals surface area contributed by atoms with Crippen molar-refractivity contribution in [2.75, 3.05) is 13.2 Å². The molecule has 106 valence electrons. The van der Waals surface area contributed by atoms with Crippen molar-refractivity contribution in [3.63, 3.8) is 0 Å². The van der Waals surface area contributed by atoms with Crippen LogP contribution in [0.4, 0.5) is 0 Å². The van der Waals surface area contributed by atoms with Crippen molar-refractivity contribution >= 4 is 11.3 Å². The number of hydrogen-bond acceptors (Lipinski definition) is 4. The first-order chi connectivity index (χ1) is 9.88. The lowest BCUT2D eigenvalue weighted by Crippen LogP contribution is -2.22. The van der Waals surface area contributed by atoms with E-state index in [0.29, 0.717) is 19.3 Å². The van der Waals surface area contributed by atoms with Crippen LogP contribution >= 0.6 is 11.3 Å². The zero-order chi connectivity index (χ0) is 13.8. The van der Waals surface area contributed by atoms with Crippen LogP contribution in [-0.2, 0) is 6.54 Å². The molecule has 1 aromatic heterocycles. The SMILES string of the molecule is CCC(NCc1cccc2c1OCCO2)c1cccs1. The molecule has 1 aliphatic rings. The summed E-state index contributed by atoms with van der Waals surface area (Å²) in [5, 5.41) is 5.74. The van der Waals surface area contributed by atoms with E-state index < -0.39 is 0 Å². The van der Waals surface area contributed by atoms with Gasteiger partial charge in [0.15, 0.2) is 11.5 Å². The van der Waals surface area contributed by atoms with E-state index in [0.717, 1.165) is 30.0 Å². The predicted octanol–water partition coefficient (Wildman–Crippen LogP) is 3.76. The molecule has 2 aromatic rings. The summed E-state index contributed by atoms with van der Waals surface area (Å²) in [4.78, 5) is 1.38. The molecule has 3 nitrogen and oxygen atoms in total. The highest BCUT2D eigenvalue weighted by molar-refractivity contribution is 7.10. The fraction of sp³-hybridized carbons (Fsp3) is 0.375. The summed E-state index contributed by atoms with van der Waals surface area (Å²) in [6.07, 6.45) is 1.08. The Morgan fingerprint density at radius 3 is 2.90 bits per heavy atom. The molecule has 1 atom stereocenters. The maximum Gasteiger partial charge on any atom is 0.165 e. The topological polar surface area (TPSA) is 30.5 Å². The Morgan fingerprint density at radius 2 is 2.10 bits per heavy atom. The third kappa shape index (κ3) is 2.81. The van der Waals surface area contributed by atoms with E-state index in [2.05, 4.69) is 35.8 Å². The van der Waals surface area contributed by atoms with Gasteiger partial charge in [0.05, 0.1) is 0 Å². The van der Waals surface area contributed by atoms with Gasteiger partial charge in [0.2, 0.25) is 0 Å². The minimum atomic E-state index is 0.398. The van der Waals surface area contributed by atoms with Crippen LogP contribution in [-0.4, -0.2) is 13.2 Å². The Labute approximate surface area is 123 Å². The number of thiophene rings is 1. The summed E-state index contributed by atoms with van der Waals surface area (Å²) in [5.74, 6) is 1.76. The molecule has 0 bridgehead atoms. The smallest absolute Gasteiger partial charge is 0.165 e. The first-order valence-electron chi connectivity index (χ1n) is 7.02. The highest BCUT2D eigenvalue weighted by atomic mass is 32.1. The Balaban J connectivity index is 1.72. The molecule has 20 heavy (non-hydrogen) atoms. The number of ether oxygens (including phenoxy) is 2. The third-order valence-electron chi connectivity index (χ3n) is 3.48.